The van der Waals surface area contributed by atoms with Crippen molar-refractivity contribution in [2.75, 3.05) is 11.1 Å². The second-order valence-corrected chi connectivity index (χ2v) is 4.64. The maximum absolute atomic E-state index is 12.7. The molecule has 1 heterocycles. The SMILES string of the molecule is CC1CCSC(Nc2ccc(F)cc2)=N1. The highest BCUT2D eigenvalue weighted by Gasteiger charge is 2.11. The molecule has 0 aromatic heterocycles. The van der Waals surface area contributed by atoms with Crippen molar-refractivity contribution in [2.24, 2.45) is 4.99 Å². The molecule has 0 amide bonds. The number of rotatable bonds is 1. The van der Waals surface area contributed by atoms with Crippen molar-refractivity contribution in [2.45, 2.75) is 19.4 Å². The lowest BCUT2D eigenvalue weighted by Gasteiger charge is -2.17. The fraction of sp³-hybridized carbons (Fsp3) is 0.364. The van der Waals surface area contributed by atoms with Gasteiger partial charge in [0, 0.05) is 11.4 Å². The molecule has 0 radical (unpaired) electrons. The molecule has 0 bridgehead atoms. The molecule has 0 fully saturated rings. The van der Waals surface area contributed by atoms with Gasteiger partial charge in [-0.25, -0.2) is 4.39 Å². The summed E-state index contributed by atoms with van der Waals surface area (Å²) in [7, 11) is 0. The summed E-state index contributed by atoms with van der Waals surface area (Å²) < 4.78 is 12.7. The number of anilines is 1. The predicted octanol–water partition coefficient (Wildman–Crippen LogP) is 3.12. The van der Waals surface area contributed by atoms with E-state index >= 15 is 0 Å². The van der Waals surface area contributed by atoms with Gasteiger partial charge in [-0.2, -0.15) is 0 Å². The fourth-order valence-electron chi connectivity index (χ4n) is 1.35. The molecule has 2 nitrogen and oxygen atoms in total. The zero-order valence-electron chi connectivity index (χ0n) is 8.53. The summed E-state index contributed by atoms with van der Waals surface area (Å²) in [6.07, 6.45) is 1.12. The first-order valence-electron chi connectivity index (χ1n) is 4.97. The first kappa shape index (κ1) is 10.5. The van der Waals surface area contributed by atoms with Crippen molar-refractivity contribution in [3.8, 4) is 0 Å². The molecule has 1 atom stereocenters. The van der Waals surface area contributed by atoms with E-state index < -0.39 is 0 Å². The van der Waals surface area contributed by atoms with Gasteiger partial charge in [-0.15, -0.1) is 0 Å². The second kappa shape index (κ2) is 4.66. The Morgan fingerprint density at radius 1 is 1.40 bits per heavy atom. The molecule has 15 heavy (non-hydrogen) atoms. The summed E-state index contributed by atoms with van der Waals surface area (Å²) in [6, 6.07) is 6.71. The van der Waals surface area contributed by atoms with E-state index in [4.69, 9.17) is 0 Å². The van der Waals surface area contributed by atoms with Crippen LogP contribution in [0.25, 0.3) is 0 Å². The van der Waals surface area contributed by atoms with Crippen LogP contribution >= 0.6 is 11.8 Å². The minimum Gasteiger partial charge on any atom is -0.335 e. The Morgan fingerprint density at radius 2 is 2.13 bits per heavy atom. The average molecular weight is 224 g/mol. The summed E-state index contributed by atoms with van der Waals surface area (Å²) in [5, 5.41) is 4.12. The summed E-state index contributed by atoms with van der Waals surface area (Å²) in [5.41, 5.74) is 0.886. The van der Waals surface area contributed by atoms with Crippen molar-refractivity contribution < 1.29 is 4.39 Å². The third kappa shape index (κ3) is 2.96. The van der Waals surface area contributed by atoms with Crippen molar-refractivity contribution in [3.63, 3.8) is 0 Å². The van der Waals surface area contributed by atoms with Crippen LogP contribution in [-0.4, -0.2) is 17.0 Å². The molecule has 1 aliphatic heterocycles. The summed E-state index contributed by atoms with van der Waals surface area (Å²) >= 11 is 1.71. The molecule has 1 N–H and O–H groups in total. The number of nitrogens with one attached hydrogen (secondary N) is 1. The first-order chi connectivity index (χ1) is 7.24. The molecular formula is C11H13FN2S. The van der Waals surface area contributed by atoms with Crippen LogP contribution in [0.1, 0.15) is 13.3 Å². The first-order valence-corrected chi connectivity index (χ1v) is 5.96. The van der Waals surface area contributed by atoms with Gasteiger partial charge in [-0.1, -0.05) is 11.8 Å². The van der Waals surface area contributed by atoms with Gasteiger partial charge in [0.1, 0.15) is 5.82 Å². The monoisotopic (exact) mass is 224 g/mol. The van der Waals surface area contributed by atoms with Crippen molar-refractivity contribution in [1.82, 2.24) is 0 Å². The van der Waals surface area contributed by atoms with Gasteiger partial charge in [-0.3, -0.25) is 4.99 Å². The predicted molar refractivity (Wildman–Crippen MR) is 64.0 cm³/mol. The Balaban J connectivity index is 2.05. The summed E-state index contributed by atoms with van der Waals surface area (Å²) in [6.45, 7) is 2.10. The molecular weight excluding hydrogens is 211 g/mol. The van der Waals surface area contributed by atoms with Crippen LogP contribution in [0.2, 0.25) is 0 Å². The quantitative estimate of drug-likeness (QED) is 0.792. The molecule has 2 rings (SSSR count). The molecule has 4 heteroatoms. The smallest absolute Gasteiger partial charge is 0.161 e. The number of thioether (sulfide) groups is 1. The van der Waals surface area contributed by atoms with Gasteiger partial charge < -0.3 is 5.32 Å². The highest BCUT2D eigenvalue weighted by atomic mass is 32.2. The van der Waals surface area contributed by atoms with E-state index in [0.717, 1.165) is 23.0 Å². The van der Waals surface area contributed by atoms with Crippen LogP contribution in [0.15, 0.2) is 29.3 Å². The molecule has 0 saturated heterocycles. The minimum absolute atomic E-state index is 0.216. The van der Waals surface area contributed by atoms with E-state index in [1.165, 1.54) is 12.1 Å². The van der Waals surface area contributed by atoms with Crippen molar-refractivity contribution in [3.05, 3.63) is 30.1 Å². The van der Waals surface area contributed by atoms with Crippen LogP contribution in [0.4, 0.5) is 10.1 Å². The molecule has 80 valence electrons. The number of hydrogen-bond acceptors (Lipinski definition) is 3. The topological polar surface area (TPSA) is 24.4 Å². The molecule has 0 saturated carbocycles. The van der Waals surface area contributed by atoms with E-state index in [9.17, 15) is 4.39 Å². The second-order valence-electron chi connectivity index (χ2n) is 3.55. The normalized spacial score (nSPS) is 20.9. The van der Waals surface area contributed by atoms with Crippen LogP contribution < -0.4 is 5.32 Å². The van der Waals surface area contributed by atoms with E-state index in [1.54, 1.807) is 23.9 Å². The van der Waals surface area contributed by atoms with Gasteiger partial charge in [0.2, 0.25) is 0 Å². The zero-order chi connectivity index (χ0) is 10.7. The van der Waals surface area contributed by atoms with Gasteiger partial charge in [0.25, 0.3) is 0 Å². The maximum atomic E-state index is 12.7. The maximum Gasteiger partial charge on any atom is 0.161 e. The highest BCUT2D eigenvalue weighted by Crippen LogP contribution is 2.19. The largest absolute Gasteiger partial charge is 0.335 e. The van der Waals surface area contributed by atoms with Gasteiger partial charge in [-0.05, 0) is 37.6 Å². The summed E-state index contributed by atoms with van der Waals surface area (Å²) in [5.74, 6) is 0.876. The Kier molecular flexibility index (Phi) is 3.26. The van der Waals surface area contributed by atoms with Gasteiger partial charge >= 0.3 is 0 Å². The van der Waals surface area contributed by atoms with Crippen LogP contribution in [0.3, 0.4) is 0 Å². The molecule has 1 aliphatic rings. The molecule has 1 unspecified atom stereocenters. The summed E-state index contributed by atoms with van der Waals surface area (Å²) in [4.78, 5) is 4.47. The number of aliphatic imine (C=N–C) groups is 1. The fourth-order valence-corrected chi connectivity index (χ4v) is 2.45. The van der Waals surface area contributed by atoms with Crippen LogP contribution in [0, 0.1) is 5.82 Å². The van der Waals surface area contributed by atoms with Gasteiger partial charge in [0.15, 0.2) is 5.17 Å². The Morgan fingerprint density at radius 3 is 2.80 bits per heavy atom. The standard InChI is InChI=1S/C11H13FN2S/c1-8-6-7-15-11(13-8)14-10-4-2-9(12)3-5-10/h2-5,8H,6-7H2,1H3,(H,13,14). The lowest BCUT2D eigenvalue weighted by atomic mass is 10.3. The van der Waals surface area contributed by atoms with Crippen molar-refractivity contribution >= 4 is 22.6 Å². The van der Waals surface area contributed by atoms with E-state index in [0.29, 0.717) is 6.04 Å². The van der Waals surface area contributed by atoms with Crippen LogP contribution in [0.5, 0.6) is 0 Å². The lowest BCUT2D eigenvalue weighted by molar-refractivity contribution is 0.628. The number of amidine groups is 1. The number of nitrogens with zero attached hydrogens (tertiary/aromatic N) is 1. The average Bonchev–Trinajstić information content (AvgIpc) is 2.22. The van der Waals surface area contributed by atoms with Crippen molar-refractivity contribution in [1.29, 1.82) is 0 Å². The highest BCUT2D eigenvalue weighted by molar-refractivity contribution is 8.14. The van der Waals surface area contributed by atoms with E-state index in [1.807, 2.05) is 0 Å². The van der Waals surface area contributed by atoms with Crippen LogP contribution in [-0.2, 0) is 0 Å². The van der Waals surface area contributed by atoms with E-state index in [2.05, 4.69) is 17.2 Å². The third-order valence-electron chi connectivity index (χ3n) is 2.21. The number of halogens is 1. The minimum atomic E-state index is -0.216. The Bertz CT molecular complexity index is 361. The molecule has 0 spiro atoms. The number of benzene rings is 1. The molecule has 0 aliphatic carbocycles. The Labute approximate surface area is 93.0 Å². The molecule has 1 aromatic carbocycles. The zero-order valence-corrected chi connectivity index (χ0v) is 9.35. The molecule has 1 aromatic rings. The Hall–Kier alpha value is -1.03. The van der Waals surface area contributed by atoms with Gasteiger partial charge in [0.05, 0.1) is 6.04 Å². The number of hydrogen-bond donors (Lipinski definition) is 1. The lowest BCUT2D eigenvalue weighted by Crippen LogP contribution is -2.17. The third-order valence-corrected chi connectivity index (χ3v) is 3.13. The van der Waals surface area contributed by atoms with E-state index in [-0.39, 0.29) is 5.82 Å².